The van der Waals surface area contributed by atoms with Gasteiger partial charge in [-0.15, -0.1) is 0 Å². The molecular formula is C24H28N2O5. The molecule has 7 heteroatoms. The Morgan fingerprint density at radius 1 is 1.00 bits per heavy atom. The summed E-state index contributed by atoms with van der Waals surface area (Å²) < 4.78 is 21.6. The van der Waals surface area contributed by atoms with Crippen LogP contribution in [0.4, 0.5) is 0 Å². The summed E-state index contributed by atoms with van der Waals surface area (Å²) in [7, 11) is 4.69. The fourth-order valence-corrected chi connectivity index (χ4v) is 2.89. The average molecular weight is 424 g/mol. The highest BCUT2D eigenvalue weighted by Crippen LogP contribution is 2.30. The van der Waals surface area contributed by atoms with Crippen molar-refractivity contribution in [1.29, 1.82) is 5.26 Å². The van der Waals surface area contributed by atoms with Gasteiger partial charge in [0.2, 0.25) is 0 Å². The van der Waals surface area contributed by atoms with Crippen LogP contribution in [0.2, 0.25) is 0 Å². The van der Waals surface area contributed by atoms with E-state index >= 15 is 0 Å². The van der Waals surface area contributed by atoms with Crippen molar-refractivity contribution < 1.29 is 23.7 Å². The van der Waals surface area contributed by atoms with Gasteiger partial charge >= 0.3 is 0 Å². The lowest BCUT2D eigenvalue weighted by Crippen LogP contribution is -2.26. The van der Waals surface area contributed by atoms with Crippen molar-refractivity contribution in [3.05, 3.63) is 53.1 Å². The number of hydrogen-bond acceptors (Lipinski definition) is 6. The van der Waals surface area contributed by atoms with E-state index in [-0.39, 0.29) is 11.7 Å². The van der Waals surface area contributed by atoms with Crippen LogP contribution in [0.15, 0.2) is 42.0 Å². The van der Waals surface area contributed by atoms with Gasteiger partial charge in [0, 0.05) is 6.54 Å². The molecule has 0 saturated carbocycles. The molecule has 0 radical (unpaired) electrons. The number of benzene rings is 2. The monoisotopic (exact) mass is 424 g/mol. The number of methoxy groups -OCH3 is 3. The standard InChI is InChI=1S/C24H28N2O5/c1-16(2)31-21-9-7-18(14-23(21)30-5)12-19(15-25)24(27)26-11-10-17-6-8-20(28-3)22(13-17)29-4/h6-9,12-14,16H,10-11H2,1-5H3,(H,26,27)/b19-12+. The number of hydrogen-bond donors (Lipinski definition) is 1. The molecule has 0 atom stereocenters. The molecule has 0 aliphatic carbocycles. The minimum absolute atomic E-state index is 0.00130. The first-order valence-corrected chi connectivity index (χ1v) is 9.87. The lowest BCUT2D eigenvalue weighted by molar-refractivity contribution is -0.117. The van der Waals surface area contributed by atoms with Gasteiger partial charge in [-0.3, -0.25) is 4.79 Å². The third kappa shape index (κ3) is 6.68. The first-order valence-electron chi connectivity index (χ1n) is 9.87. The summed E-state index contributed by atoms with van der Waals surface area (Å²) in [6.45, 7) is 4.22. The van der Waals surface area contributed by atoms with Crippen molar-refractivity contribution in [2.75, 3.05) is 27.9 Å². The third-order valence-corrected chi connectivity index (χ3v) is 4.37. The van der Waals surface area contributed by atoms with E-state index in [9.17, 15) is 10.1 Å². The Balaban J connectivity index is 2.05. The minimum Gasteiger partial charge on any atom is -0.493 e. The molecule has 0 fully saturated rings. The van der Waals surface area contributed by atoms with E-state index in [1.165, 1.54) is 6.08 Å². The highest BCUT2D eigenvalue weighted by Gasteiger charge is 2.12. The number of ether oxygens (including phenoxy) is 4. The fourth-order valence-electron chi connectivity index (χ4n) is 2.89. The molecular weight excluding hydrogens is 396 g/mol. The van der Waals surface area contributed by atoms with Crippen LogP contribution in [-0.2, 0) is 11.2 Å². The highest BCUT2D eigenvalue weighted by molar-refractivity contribution is 6.01. The lowest BCUT2D eigenvalue weighted by atomic mass is 10.1. The Hall–Kier alpha value is -3.66. The van der Waals surface area contributed by atoms with Gasteiger partial charge in [0.1, 0.15) is 11.6 Å². The molecule has 2 rings (SSSR count). The summed E-state index contributed by atoms with van der Waals surface area (Å²) in [5.41, 5.74) is 1.65. The van der Waals surface area contributed by atoms with E-state index in [0.717, 1.165) is 5.56 Å². The van der Waals surface area contributed by atoms with Crippen LogP contribution in [0.25, 0.3) is 6.08 Å². The van der Waals surface area contributed by atoms with E-state index in [4.69, 9.17) is 18.9 Å². The molecule has 1 N–H and O–H groups in total. The van der Waals surface area contributed by atoms with E-state index < -0.39 is 5.91 Å². The van der Waals surface area contributed by atoms with Gasteiger partial charge in [-0.05, 0) is 61.7 Å². The van der Waals surface area contributed by atoms with Crippen LogP contribution in [0, 0.1) is 11.3 Å². The highest BCUT2D eigenvalue weighted by atomic mass is 16.5. The summed E-state index contributed by atoms with van der Waals surface area (Å²) in [6.07, 6.45) is 2.11. The van der Waals surface area contributed by atoms with Crippen molar-refractivity contribution in [2.24, 2.45) is 0 Å². The van der Waals surface area contributed by atoms with Gasteiger partial charge in [0.15, 0.2) is 23.0 Å². The molecule has 0 unspecified atom stereocenters. The Morgan fingerprint density at radius 2 is 1.65 bits per heavy atom. The Morgan fingerprint density at radius 3 is 2.26 bits per heavy atom. The van der Waals surface area contributed by atoms with Crippen molar-refractivity contribution in [3.8, 4) is 29.1 Å². The number of carbonyl (C=O) groups excluding carboxylic acids is 1. The number of nitrogens with one attached hydrogen (secondary N) is 1. The van der Waals surface area contributed by atoms with Crippen molar-refractivity contribution in [3.63, 3.8) is 0 Å². The van der Waals surface area contributed by atoms with Crippen LogP contribution in [0.1, 0.15) is 25.0 Å². The van der Waals surface area contributed by atoms with E-state index in [1.807, 2.05) is 38.1 Å². The fraction of sp³-hybridized carbons (Fsp3) is 0.333. The molecule has 0 heterocycles. The van der Waals surface area contributed by atoms with Gasteiger partial charge in [0.05, 0.1) is 27.4 Å². The van der Waals surface area contributed by atoms with E-state index in [1.54, 1.807) is 39.5 Å². The van der Waals surface area contributed by atoms with E-state index in [2.05, 4.69) is 5.32 Å². The van der Waals surface area contributed by atoms with Gasteiger partial charge in [-0.1, -0.05) is 12.1 Å². The third-order valence-electron chi connectivity index (χ3n) is 4.37. The number of rotatable bonds is 10. The molecule has 0 aliphatic rings. The predicted molar refractivity (Wildman–Crippen MR) is 119 cm³/mol. The summed E-state index contributed by atoms with van der Waals surface area (Å²) in [5, 5.41) is 12.2. The van der Waals surface area contributed by atoms with Crippen molar-refractivity contribution in [2.45, 2.75) is 26.4 Å². The molecule has 31 heavy (non-hydrogen) atoms. The van der Waals surface area contributed by atoms with Gasteiger partial charge in [-0.2, -0.15) is 5.26 Å². The minimum atomic E-state index is -0.440. The Bertz CT molecular complexity index is 976. The Kier molecular flexibility index (Phi) is 8.77. The molecule has 0 aliphatic heterocycles. The maximum Gasteiger partial charge on any atom is 0.261 e. The predicted octanol–water partition coefficient (Wildman–Crippen LogP) is 3.77. The number of nitrogens with zero attached hydrogens (tertiary/aromatic N) is 1. The second kappa shape index (κ2) is 11.5. The molecule has 0 aromatic heterocycles. The van der Waals surface area contributed by atoms with Crippen LogP contribution in [-0.4, -0.2) is 39.9 Å². The maximum absolute atomic E-state index is 12.5. The number of amides is 1. The summed E-state index contributed by atoms with van der Waals surface area (Å²) >= 11 is 0. The zero-order valence-electron chi connectivity index (χ0n) is 18.5. The second-order valence-electron chi connectivity index (χ2n) is 6.94. The normalized spacial score (nSPS) is 10.9. The van der Waals surface area contributed by atoms with Crippen molar-refractivity contribution in [1.82, 2.24) is 5.32 Å². The van der Waals surface area contributed by atoms with Crippen molar-refractivity contribution >= 4 is 12.0 Å². The topological polar surface area (TPSA) is 89.8 Å². The van der Waals surface area contributed by atoms with Crippen LogP contribution >= 0.6 is 0 Å². The average Bonchev–Trinajstić information content (AvgIpc) is 2.77. The summed E-state index contributed by atoms with van der Waals surface area (Å²) in [6, 6.07) is 12.8. The molecule has 0 bridgehead atoms. The second-order valence-corrected chi connectivity index (χ2v) is 6.94. The van der Waals surface area contributed by atoms with Crippen LogP contribution < -0.4 is 24.3 Å². The first-order chi connectivity index (χ1) is 14.9. The maximum atomic E-state index is 12.5. The number of carbonyl (C=O) groups is 1. The van der Waals surface area contributed by atoms with Gasteiger partial charge in [-0.25, -0.2) is 0 Å². The van der Waals surface area contributed by atoms with Gasteiger partial charge in [0.25, 0.3) is 5.91 Å². The first kappa shape index (κ1) is 23.6. The molecule has 164 valence electrons. The summed E-state index contributed by atoms with van der Waals surface area (Å²) in [4.78, 5) is 12.5. The molecule has 0 spiro atoms. The zero-order valence-corrected chi connectivity index (χ0v) is 18.5. The Labute approximate surface area is 183 Å². The molecule has 1 amide bonds. The number of nitriles is 1. The molecule has 2 aromatic rings. The van der Waals surface area contributed by atoms with Crippen LogP contribution in [0.5, 0.6) is 23.0 Å². The smallest absolute Gasteiger partial charge is 0.261 e. The summed E-state index contributed by atoms with van der Waals surface area (Å²) in [5.74, 6) is 1.97. The zero-order chi connectivity index (χ0) is 22.8. The SMILES string of the molecule is COc1ccc(CCNC(=O)/C(C#N)=C/c2ccc(OC(C)C)c(OC)c2)cc1OC. The molecule has 7 nitrogen and oxygen atoms in total. The molecule has 0 saturated heterocycles. The van der Waals surface area contributed by atoms with E-state index in [0.29, 0.717) is 41.5 Å². The van der Waals surface area contributed by atoms with Crippen LogP contribution in [0.3, 0.4) is 0 Å². The molecule has 2 aromatic carbocycles. The van der Waals surface area contributed by atoms with Gasteiger partial charge < -0.3 is 24.3 Å². The largest absolute Gasteiger partial charge is 0.493 e. The quantitative estimate of drug-likeness (QED) is 0.461. The lowest BCUT2D eigenvalue weighted by Gasteiger charge is -2.14.